The van der Waals surface area contributed by atoms with E-state index in [0.29, 0.717) is 0 Å². The molecular weight excluding hydrogens is 132 g/mol. The zero-order chi connectivity index (χ0) is 8.10. The predicted molar refractivity (Wildman–Crippen MR) is 48.3 cm³/mol. The van der Waals surface area contributed by atoms with E-state index in [4.69, 9.17) is 6.42 Å². The maximum Gasteiger partial charge on any atom is 0.0277 e. The first-order chi connectivity index (χ1) is 5.38. The minimum atomic E-state index is 0.848. The van der Waals surface area contributed by atoms with Gasteiger partial charge in [0.2, 0.25) is 0 Å². The summed E-state index contributed by atoms with van der Waals surface area (Å²) in [4.78, 5) is 0. The first-order valence-corrected chi connectivity index (χ1v) is 3.54. The molecule has 0 bridgehead atoms. The average Bonchev–Trinajstić information content (AvgIpc) is 2.06. The Morgan fingerprint density at radius 1 is 1.45 bits per heavy atom. The van der Waals surface area contributed by atoms with Crippen molar-refractivity contribution in [2.45, 2.75) is 6.42 Å². The Kier molecular flexibility index (Phi) is 2.52. The van der Waals surface area contributed by atoms with E-state index in [1.807, 2.05) is 30.3 Å². The SMILES string of the molecule is C#Cc1ccccc1CC=C. The van der Waals surface area contributed by atoms with Gasteiger partial charge >= 0.3 is 0 Å². The topological polar surface area (TPSA) is 0 Å². The molecule has 0 amide bonds. The minimum Gasteiger partial charge on any atom is -0.115 e. The highest BCUT2D eigenvalue weighted by atomic mass is 14.0. The molecule has 11 heavy (non-hydrogen) atoms. The maximum atomic E-state index is 5.30. The van der Waals surface area contributed by atoms with Gasteiger partial charge in [0.15, 0.2) is 0 Å². The maximum absolute atomic E-state index is 5.30. The number of terminal acetylenes is 1. The molecule has 0 heterocycles. The van der Waals surface area contributed by atoms with Crippen LogP contribution in [0.3, 0.4) is 0 Å². The van der Waals surface area contributed by atoms with E-state index in [2.05, 4.69) is 12.5 Å². The number of hydrogen-bond donors (Lipinski definition) is 0. The largest absolute Gasteiger partial charge is 0.115 e. The Hall–Kier alpha value is -1.48. The fraction of sp³-hybridized carbons (Fsp3) is 0.0909. The van der Waals surface area contributed by atoms with Crippen LogP contribution in [0, 0.1) is 12.3 Å². The summed E-state index contributed by atoms with van der Waals surface area (Å²) >= 11 is 0. The summed E-state index contributed by atoms with van der Waals surface area (Å²) < 4.78 is 0. The van der Waals surface area contributed by atoms with Gasteiger partial charge in [0, 0.05) is 5.56 Å². The number of rotatable bonds is 2. The van der Waals surface area contributed by atoms with E-state index >= 15 is 0 Å². The van der Waals surface area contributed by atoms with Crippen LogP contribution in [-0.2, 0) is 6.42 Å². The van der Waals surface area contributed by atoms with Crippen LogP contribution in [0.15, 0.2) is 36.9 Å². The summed E-state index contributed by atoms with van der Waals surface area (Å²) in [6, 6.07) is 7.90. The molecule has 0 atom stereocenters. The monoisotopic (exact) mass is 142 g/mol. The highest BCUT2D eigenvalue weighted by molar-refractivity contribution is 5.40. The second kappa shape index (κ2) is 3.63. The Balaban J connectivity index is 3.04. The van der Waals surface area contributed by atoms with Crippen LogP contribution in [0.25, 0.3) is 0 Å². The molecule has 0 nitrogen and oxygen atoms in total. The summed E-state index contributed by atoms with van der Waals surface area (Å²) in [7, 11) is 0. The summed E-state index contributed by atoms with van der Waals surface area (Å²) in [5, 5.41) is 0. The predicted octanol–water partition coefficient (Wildman–Crippen LogP) is 2.40. The number of hydrogen-bond acceptors (Lipinski definition) is 0. The van der Waals surface area contributed by atoms with Crippen molar-refractivity contribution in [2.75, 3.05) is 0 Å². The molecule has 1 aromatic rings. The molecule has 1 aromatic carbocycles. The normalized spacial score (nSPS) is 8.64. The molecule has 0 saturated heterocycles. The van der Waals surface area contributed by atoms with Crippen molar-refractivity contribution in [1.29, 1.82) is 0 Å². The van der Waals surface area contributed by atoms with Gasteiger partial charge in [0.05, 0.1) is 0 Å². The van der Waals surface area contributed by atoms with Gasteiger partial charge in [-0.15, -0.1) is 13.0 Å². The molecule has 0 aliphatic carbocycles. The molecule has 0 spiro atoms. The zero-order valence-corrected chi connectivity index (χ0v) is 6.38. The number of allylic oxidation sites excluding steroid dienone is 1. The van der Waals surface area contributed by atoms with Crippen molar-refractivity contribution in [3.05, 3.63) is 48.0 Å². The third kappa shape index (κ3) is 1.72. The van der Waals surface area contributed by atoms with Crippen molar-refractivity contribution >= 4 is 0 Å². The summed E-state index contributed by atoms with van der Waals surface area (Å²) in [6.45, 7) is 3.66. The molecule has 0 unspecified atom stereocenters. The van der Waals surface area contributed by atoms with Gasteiger partial charge in [-0.05, 0) is 18.1 Å². The van der Waals surface area contributed by atoms with Gasteiger partial charge in [-0.25, -0.2) is 0 Å². The molecule has 0 fully saturated rings. The zero-order valence-electron chi connectivity index (χ0n) is 6.38. The first-order valence-electron chi connectivity index (χ1n) is 3.54. The summed E-state index contributed by atoms with van der Waals surface area (Å²) in [5.74, 6) is 2.63. The molecule has 0 radical (unpaired) electrons. The fourth-order valence-electron chi connectivity index (χ4n) is 0.995. The van der Waals surface area contributed by atoms with Crippen molar-refractivity contribution < 1.29 is 0 Å². The van der Waals surface area contributed by atoms with E-state index in [1.165, 1.54) is 5.56 Å². The van der Waals surface area contributed by atoms with Gasteiger partial charge in [0.1, 0.15) is 0 Å². The quantitative estimate of drug-likeness (QED) is 0.439. The van der Waals surface area contributed by atoms with E-state index in [9.17, 15) is 0 Å². The minimum absolute atomic E-state index is 0.848. The molecule has 1 rings (SSSR count). The molecule has 54 valence electrons. The van der Waals surface area contributed by atoms with E-state index in [0.717, 1.165) is 12.0 Å². The Labute approximate surface area is 67.6 Å². The molecule has 0 heteroatoms. The van der Waals surface area contributed by atoms with Crippen LogP contribution in [0.5, 0.6) is 0 Å². The van der Waals surface area contributed by atoms with Gasteiger partial charge in [-0.3, -0.25) is 0 Å². The summed E-state index contributed by atoms with van der Waals surface area (Å²) in [6.07, 6.45) is 8.00. The Morgan fingerprint density at radius 2 is 2.18 bits per heavy atom. The Bertz CT molecular complexity index is 289. The summed E-state index contributed by atoms with van der Waals surface area (Å²) in [5.41, 5.74) is 2.14. The molecule has 0 aliphatic rings. The highest BCUT2D eigenvalue weighted by Gasteiger charge is 1.93. The molecule has 0 aromatic heterocycles. The van der Waals surface area contributed by atoms with Crippen LogP contribution in [0.4, 0.5) is 0 Å². The van der Waals surface area contributed by atoms with Crippen LogP contribution < -0.4 is 0 Å². The van der Waals surface area contributed by atoms with E-state index in [-0.39, 0.29) is 0 Å². The Morgan fingerprint density at radius 3 is 2.82 bits per heavy atom. The van der Waals surface area contributed by atoms with Crippen LogP contribution >= 0.6 is 0 Å². The second-order valence-corrected chi connectivity index (χ2v) is 2.29. The number of benzene rings is 1. The average molecular weight is 142 g/mol. The standard InChI is InChI=1S/C11H10/c1-3-7-11-9-6-5-8-10(11)4-2/h2-3,5-6,8-9H,1,7H2. The lowest BCUT2D eigenvalue weighted by Gasteiger charge is -1.98. The third-order valence-electron chi connectivity index (χ3n) is 1.54. The molecular formula is C11H10. The first kappa shape index (κ1) is 7.63. The third-order valence-corrected chi connectivity index (χ3v) is 1.54. The van der Waals surface area contributed by atoms with Gasteiger partial charge in [-0.2, -0.15) is 0 Å². The highest BCUT2D eigenvalue weighted by Crippen LogP contribution is 2.07. The molecule has 0 saturated carbocycles. The lowest BCUT2D eigenvalue weighted by Crippen LogP contribution is -1.85. The smallest absolute Gasteiger partial charge is 0.0277 e. The van der Waals surface area contributed by atoms with Crippen molar-refractivity contribution in [3.63, 3.8) is 0 Å². The van der Waals surface area contributed by atoms with Gasteiger partial charge < -0.3 is 0 Å². The van der Waals surface area contributed by atoms with E-state index < -0.39 is 0 Å². The van der Waals surface area contributed by atoms with Gasteiger partial charge in [0.25, 0.3) is 0 Å². The molecule has 0 aliphatic heterocycles. The van der Waals surface area contributed by atoms with Crippen molar-refractivity contribution in [1.82, 2.24) is 0 Å². The van der Waals surface area contributed by atoms with Crippen molar-refractivity contribution in [2.24, 2.45) is 0 Å². The van der Waals surface area contributed by atoms with Crippen LogP contribution in [-0.4, -0.2) is 0 Å². The van der Waals surface area contributed by atoms with Gasteiger partial charge in [-0.1, -0.05) is 30.2 Å². The van der Waals surface area contributed by atoms with E-state index in [1.54, 1.807) is 0 Å². The van der Waals surface area contributed by atoms with Crippen LogP contribution in [0.1, 0.15) is 11.1 Å². The van der Waals surface area contributed by atoms with Crippen LogP contribution in [0.2, 0.25) is 0 Å². The lowest BCUT2D eigenvalue weighted by atomic mass is 10.1. The second-order valence-electron chi connectivity index (χ2n) is 2.29. The fourth-order valence-corrected chi connectivity index (χ4v) is 0.995. The van der Waals surface area contributed by atoms with Crippen molar-refractivity contribution in [3.8, 4) is 12.3 Å². The lowest BCUT2D eigenvalue weighted by molar-refractivity contribution is 1.26. The molecule has 0 N–H and O–H groups in total.